The summed E-state index contributed by atoms with van der Waals surface area (Å²) in [5.41, 5.74) is 2.55. The van der Waals surface area contributed by atoms with Gasteiger partial charge in [-0.15, -0.1) is 0 Å². The molecule has 0 atom stereocenters. The van der Waals surface area contributed by atoms with E-state index in [0.29, 0.717) is 12.5 Å². The fraction of sp³-hybridized carbons (Fsp3) is 0.467. The number of hydrogen-bond donors (Lipinski definition) is 0. The Labute approximate surface area is 122 Å². The van der Waals surface area contributed by atoms with Gasteiger partial charge < -0.3 is 9.42 Å². The minimum Gasteiger partial charge on any atom is -0.362 e. The van der Waals surface area contributed by atoms with E-state index in [9.17, 15) is 0 Å². The zero-order chi connectivity index (χ0) is 13.5. The van der Waals surface area contributed by atoms with Gasteiger partial charge in [0.2, 0.25) is 5.89 Å². The van der Waals surface area contributed by atoms with Crippen molar-refractivity contribution in [3.05, 3.63) is 40.5 Å². The third-order valence-electron chi connectivity index (χ3n) is 4.01. The van der Waals surface area contributed by atoms with Crippen LogP contribution in [0.2, 0.25) is 5.02 Å². The number of fused-ring (bicyclic) bond motifs is 1. The van der Waals surface area contributed by atoms with Crippen molar-refractivity contribution in [3.8, 4) is 0 Å². The summed E-state index contributed by atoms with van der Waals surface area (Å²) in [6.45, 7) is 1.71. The Bertz CT molecular complexity index is 636. The monoisotopic (exact) mass is 289 g/mol. The van der Waals surface area contributed by atoms with Gasteiger partial charge in [0, 0.05) is 23.2 Å². The largest absolute Gasteiger partial charge is 0.362 e. The molecule has 2 aliphatic rings. The average molecular weight is 290 g/mol. The summed E-state index contributed by atoms with van der Waals surface area (Å²) in [6.07, 6.45) is 4.62. The molecule has 20 heavy (non-hydrogen) atoms. The number of aromatic nitrogens is 2. The van der Waals surface area contributed by atoms with E-state index < -0.39 is 0 Å². The van der Waals surface area contributed by atoms with Crippen LogP contribution >= 0.6 is 11.6 Å². The molecule has 4 nitrogen and oxygen atoms in total. The third kappa shape index (κ3) is 2.29. The molecule has 0 saturated heterocycles. The highest BCUT2D eigenvalue weighted by atomic mass is 35.5. The van der Waals surface area contributed by atoms with E-state index in [2.05, 4.69) is 27.2 Å². The molecule has 0 spiro atoms. The van der Waals surface area contributed by atoms with Crippen LogP contribution in [0.4, 0.5) is 5.69 Å². The quantitative estimate of drug-likeness (QED) is 0.866. The van der Waals surface area contributed by atoms with Crippen LogP contribution in [0, 0.1) is 0 Å². The Balaban J connectivity index is 1.56. The standard InChI is InChI=1S/C15H16ClN3O/c16-12-5-6-13-11(8-12)2-1-7-19(13)9-14-17-15(18-20-14)10-3-4-10/h5-6,8,10H,1-4,7,9H2. The van der Waals surface area contributed by atoms with Crippen LogP contribution in [0.25, 0.3) is 0 Å². The van der Waals surface area contributed by atoms with Crippen molar-refractivity contribution < 1.29 is 4.52 Å². The zero-order valence-corrected chi connectivity index (χ0v) is 11.9. The first kappa shape index (κ1) is 12.2. The van der Waals surface area contributed by atoms with Gasteiger partial charge in [0.1, 0.15) is 0 Å². The first-order chi connectivity index (χ1) is 9.79. The number of halogens is 1. The lowest BCUT2D eigenvalue weighted by Gasteiger charge is -2.30. The van der Waals surface area contributed by atoms with Crippen LogP contribution in [-0.2, 0) is 13.0 Å². The van der Waals surface area contributed by atoms with Gasteiger partial charge in [-0.25, -0.2) is 0 Å². The van der Waals surface area contributed by atoms with Gasteiger partial charge in [-0.3, -0.25) is 0 Å². The lowest BCUT2D eigenvalue weighted by Crippen LogP contribution is -2.28. The minimum atomic E-state index is 0.542. The Morgan fingerprint density at radius 1 is 1.35 bits per heavy atom. The van der Waals surface area contributed by atoms with Crippen molar-refractivity contribution in [1.82, 2.24) is 10.1 Å². The fourth-order valence-electron chi connectivity index (χ4n) is 2.81. The van der Waals surface area contributed by atoms with Crippen molar-refractivity contribution in [2.45, 2.75) is 38.1 Å². The Kier molecular flexibility index (Phi) is 2.91. The van der Waals surface area contributed by atoms with Gasteiger partial charge in [-0.05, 0) is 49.4 Å². The first-order valence-electron chi connectivity index (χ1n) is 7.15. The van der Waals surface area contributed by atoms with E-state index in [1.165, 1.54) is 24.1 Å². The molecule has 1 aliphatic heterocycles. The second-order valence-corrected chi connectivity index (χ2v) is 6.06. The van der Waals surface area contributed by atoms with Gasteiger partial charge >= 0.3 is 0 Å². The van der Waals surface area contributed by atoms with E-state index in [0.717, 1.165) is 36.1 Å². The summed E-state index contributed by atoms with van der Waals surface area (Å²) < 4.78 is 5.38. The highest BCUT2D eigenvalue weighted by Crippen LogP contribution is 2.38. The molecule has 0 unspecified atom stereocenters. The summed E-state index contributed by atoms with van der Waals surface area (Å²) in [5.74, 6) is 2.14. The van der Waals surface area contributed by atoms with E-state index in [-0.39, 0.29) is 0 Å². The van der Waals surface area contributed by atoms with Crippen molar-refractivity contribution in [3.63, 3.8) is 0 Å². The molecule has 1 aromatic heterocycles. The second kappa shape index (κ2) is 4.77. The van der Waals surface area contributed by atoms with Gasteiger partial charge in [0.15, 0.2) is 5.82 Å². The predicted octanol–water partition coefficient (Wildman–Crippen LogP) is 3.55. The topological polar surface area (TPSA) is 42.2 Å². The number of rotatable bonds is 3. The number of aryl methyl sites for hydroxylation is 1. The summed E-state index contributed by atoms with van der Waals surface area (Å²) in [5, 5.41) is 4.88. The molecule has 4 rings (SSSR count). The van der Waals surface area contributed by atoms with E-state index >= 15 is 0 Å². The first-order valence-corrected chi connectivity index (χ1v) is 7.53. The molecule has 2 heterocycles. The molecule has 1 aliphatic carbocycles. The van der Waals surface area contributed by atoms with Crippen molar-refractivity contribution >= 4 is 17.3 Å². The van der Waals surface area contributed by atoms with Gasteiger partial charge in [0.25, 0.3) is 0 Å². The molecular weight excluding hydrogens is 274 g/mol. The zero-order valence-electron chi connectivity index (χ0n) is 11.2. The maximum Gasteiger partial charge on any atom is 0.246 e. The van der Waals surface area contributed by atoms with Crippen LogP contribution < -0.4 is 4.90 Å². The molecule has 0 N–H and O–H groups in total. The molecule has 2 aromatic rings. The number of anilines is 1. The van der Waals surface area contributed by atoms with E-state index in [1.54, 1.807) is 0 Å². The second-order valence-electron chi connectivity index (χ2n) is 5.62. The fourth-order valence-corrected chi connectivity index (χ4v) is 3.01. The van der Waals surface area contributed by atoms with Crippen LogP contribution in [0.1, 0.15) is 42.5 Å². The van der Waals surface area contributed by atoms with Crippen LogP contribution in [-0.4, -0.2) is 16.7 Å². The number of hydrogen-bond acceptors (Lipinski definition) is 4. The summed E-state index contributed by atoms with van der Waals surface area (Å²) in [4.78, 5) is 6.82. The van der Waals surface area contributed by atoms with Crippen LogP contribution in [0.15, 0.2) is 22.7 Å². The molecule has 1 fully saturated rings. The minimum absolute atomic E-state index is 0.542. The number of nitrogens with zero attached hydrogens (tertiary/aromatic N) is 3. The van der Waals surface area contributed by atoms with Crippen molar-refractivity contribution in [2.24, 2.45) is 0 Å². The Morgan fingerprint density at radius 3 is 3.10 bits per heavy atom. The molecular formula is C15H16ClN3O. The summed E-state index contributed by atoms with van der Waals surface area (Å²) >= 11 is 6.07. The van der Waals surface area contributed by atoms with Crippen LogP contribution in [0.3, 0.4) is 0 Å². The lowest BCUT2D eigenvalue weighted by atomic mass is 10.0. The van der Waals surface area contributed by atoms with Gasteiger partial charge in [-0.1, -0.05) is 16.8 Å². The predicted molar refractivity (Wildman–Crippen MR) is 77.1 cm³/mol. The molecule has 1 saturated carbocycles. The normalized spacial score (nSPS) is 18.1. The molecule has 5 heteroatoms. The lowest BCUT2D eigenvalue weighted by molar-refractivity contribution is 0.370. The highest BCUT2D eigenvalue weighted by molar-refractivity contribution is 6.30. The van der Waals surface area contributed by atoms with Crippen LogP contribution in [0.5, 0.6) is 0 Å². The Morgan fingerprint density at radius 2 is 2.25 bits per heavy atom. The summed E-state index contributed by atoms with van der Waals surface area (Å²) in [7, 11) is 0. The smallest absolute Gasteiger partial charge is 0.246 e. The molecule has 0 amide bonds. The van der Waals surface area contributed by atoms with Crippen molar-refractivity contribution in [2.75, 3.05) is 11.4 Å². The Hall–Kier alpha value is -1.55. The molecule has 0 bridgehead atoms. The SMILES string of the molecule is Clc1ccc2c(c1)CCCN2Cc1nc(C2CC2)no1. The van der Waals surface area contributed by atoms with Gasteiger partial charge in [-0.2, -0.15) is 4.98 Å². The molecule has 1 aromatic carbocycles. The molecule has 0 radical (unpaired) electrons. The maximum atomic E-state index is 6.07. The van der Waals surface area contributed by atoms with E-state index in [1.807, 2.05) is 6.07 Å². The molecule has 104 valence electrons. The highest BCUT2D eigenvalue weighted by Gasteiger charge is 2.29. The van der Waals surface area contributed by atoms with Crippen molar-refractivity contribution in [1.29, 1.82) is 0 Å². The average Bonchev–Trinajstić information content (AvgIpc) is 3.19. The summed E-state index contributed by atoms with van der Waals surface area (Å²) in [6, 6.07) is 6.10. The van der Waals surface area contributed by atoms with Gasteiger partial charge in [0.05, 0.1) is 6.54 Å². The maximum absolute atomic E-state index is 6.07. The third-order valence-corrected chi connectivity index (χ3v) is 4.24. The van der Waals surface area contributed by atoms with E-state index in [4.69, 9.17) is 16.1 Å². The number of benzene rings is 1.